The summed E-state index contributed by atoms with van der Waals surface area (Å²) in [5.74, 6) is 0.574. The molecule has 1 amide bonds. The molecule has 6 nitrogen and oxygen atoms in total. The van der Waals surface area contributed by atoms with Crippen molar-refractivity contribution >= 4 is 6.03 Å². The Hall–Kier alpha value is -1.46. The molecule has 52 valence electrons. The van der Waals surface area contributed by atoms with Gasteiger partial charge in [0, 0.05) is 0 Å². The molecular weight excluding hydrogens is 134 g/mol. The third-order valence-electron chi connectivity index (χ3n) is 1.41. The number of carbonyl (C=O) groups is 1. The van der Waals surface area contributed by atoms with Gasteiger partial charge in [-0.3, -0.25) is 0 Å². The van der Waals surface area contributed by atoms with E-state index in [1.54, 1.807) is 0 Å². The van der Waals surface area contributed by atoms with Crippen molar-refractivity contribution in [3.8, 4) is 0 Å². The number of tetrazole rings is 1. The number of fused-ring (bicyclic) bond motifs is 1. The monoisotopic (exact) mass is 139 g/mol. The third kappa shape index (κ3) is 0.476. The van der Waals surface area contributed by atoms with Crippen molar-refractivity contribution in [1.82, 2.24) is 25.5 Å². The van der Waals surface area contributed by atoms with Gasteiger partial charge in [0.15, 0.2) is 5.82 Å². The van der Waals surface area contributed by atoms with Crippen LogP contribution in [0.15, 0.2) is 0 Å². The SMILES string of the molecule is CC1NC(=O)n2nnnc21. The molecule has 1 N–H and O–H groups in total. The molecule has 0 aliphatic carbocycles. The summed E-state index contributed by atoms with van der Waals surface area (Å²) >= 11 is 0. The number of carbonyl (C=O) groups excluding carboxylic acids is 1. The van der Waals surface area contributed by atoms with Crippen molar-refractivity contribution in [2.24, 2.45) is 0 Å². The summed E-state index contributed by atoms with van der Waals surface area (Å²) in [6.07, 6.45) is 0. The zero-order valence-electron chi connectivity index (χ0n) is 5.27. The van der Waals surface area contributed by atoms with E-state index in [2.05, 4.69) is 20.8 Å². The molecule has 1 atom stereocenters. The lowest BCUT2D eigenvalue weighted by Gasteiger charge is -1.94. The topological polar surface area (TPSA) is 72.7 Å². The van der Waals surface area contributed by atoms with E-state index in [9.17, 15) is 4.79 Å². The molecule has 1 aliphatic heterocycles. The average molecular weight is 139 g/mol. The average Bonchev–Trinajstić information content (AvgIpc) is 2.39. The second-order valence-electron chi connectivity index (χ2n) is 2.12. The van der Waals surface area contributed by atoms with Crippen LogP contribution in [0.4, 0.5) is 4.79 Å². The Bertz CT molecular complexity index is 279. The van der Waals surface area contributed by atoms with E-state index in [-0.39, 0.29) is 12.1 Å². The first-order chi connectivity index (χ1) is 4.79. The van der Waals surface area contributed by atoms with E-state index in [1.165, 1.54) is 0 Å². The maximum atomic E-state index is 10.8. The molecule has 0 fully saturated rings. The Morgan fingerprint density at radius 2 is 2.50 bits per heavy atom. The van der Waals surface area contributed by atoms with Crippen LogP contribution < -0.4 is 5.32 Å². The van der Waals surface area contributed by atoms with Crippen LogP contribution in [0.1, 0.15) is 18.8 Å². The Kier molecular flexibility index (Phi) is 0.814. The standard InChI is InChI=1S/C4H5N5O/c1-2-3-6-7-8-9(3)4(10)5-2/h2H,1H3,(H,5,10). The Labute approximate surface area is 56.2 Å². The summed E-state index contributed by atoms with van der Waals surface area (Å²) < 4.78 is 1.16. The van der Waals surface area contributed by atoms with Crippen LogP contribution in [0.5, 0.6) is 0 Å². The lowest BCUT2D eigenvalue weighted by atomic mass is 10.3. The van der Waals surface area contributed by atoms with Gasteiger partial charge in [0.2, 0.25) is 0 Å². The molecule has 6 heteroatoms. The van der Waals surface area contributed by atoms with E-state index in [0.717, 1.165) is 4.68 Å². The van der Waals surface area contributed by atoms with Gasteiger partial charge in [0.1, 0.15) is 0 Å². The van der Waals surface area contributed by atoms with Crippen molar-refractivity contribution in [1.29, 1.82) is 0 Å². The van der Waals surface area contributed by atoms with Gasteiger partial charge in [-0.05, 0) is 17.4 Å². The van der Waals surface area contributed by atoms with Gasteiger partial charge < -0.3 is 5.32 Å². The van der Waals surface area contributed by atoms with Crippen LogP contribution >= 0.6 is 0 Å². The molecule has 1 aliphatic rings. The Morgan fingerprint density at radius 1 is 1.70 bits per heavy atom. The van der Waals surface area contributed by atoms with Gasteiger partial charge >= 0.3 is 6.03 Å². The predicted octanol–water partition coefficient (Wildman–Crippen LogP) is -0.695. The smallest absolute Gasteiger partial charge is 0.326 e. The lowest BCUT2D eigenvalue weighted by Crippen LogP contribution is -2.20. The fourth-order valence-corrected chi connectivity index (χ4v) is 0.920. The fraction of sp³-hybridized carbons (Fsp3) is 0.500. The number of amides is 1. The molecule has 0 radical (unpaired) electrons. The molecule has 1 aromatic rings. The zero-order chi connectivity index (χ0) is 7.14. The van der Waals surface area contributed by atoms with Gasteiger partial charge in [-0.2, -0.15) is 0 Å². The van der Waals surface area contributed by atoms with Crippen molar-refractivity contribution in [3.63, 3.8) is 0 Å². The van der Waals surface area contributed by atoms with E-state index in [1.807, 2.05) is 6.92 Å². The Balaban J connectivity index is 2.58. The summed E-state index contributed by atoms with van der Waals surface area (Å²) in [4.78, 5) is 10.8. The van der Waals surface area contributed by atoms with E-state index >= 15 is 0 Å². The van der Waals surface area contributed by atoms with Crippen LogP contribution in [0.2, 0.25) is 0 Å². The maximum absolute atomic E-state index is 10.8. The van der Waals surface area contributed by atoms with Crippen molar-refractivity contribution in [2.75, 3.05) is 0 Å². The number of nitrogens with zero attached hydrogens (tertiary/aromatic N) is 4. The van der Waals surface area contributed by atoms with Crippen molar-refractivity contribution < 1.29 is 4.79 Å². The molecule has 1 aromatic heterocycles. The maximum Gasteiger partial charge on any atom is 0.345 e. The molecule has 2 heterocycles. The quantitative estimate of drug-likeness (QED) is 0.482. The van der Waals surface area contributed by atoms with Crippen LogP contribution in [0.25, 0.3) is 0 Å². The van der Waals surface area contributed by atoms with E-state index < -0.39 is 0 Å². The second kappa shape index (κ2) is 1.53. The molecule has 0 aromatic carbocycles. The number of nitrogens with one attached hydrogen (secondary N) is 1. The zero-order valence-corrected chi connectivity index (χ0v) is 5.27. The minimum absolute atomic E-state index is 0.0671. The fourth-order valence-electron chi connectivity index (χ4n) is 0.920. The van der Waals surface area contributed by atoms with Crippen molar-refractivity contribution in [3.05, 3.63) is 5.82 Å². The molecule has 2 rings (SSSR count). The first kappa shape index (κ1) is 5.33. The highest BCUT2D eigenvalue weighted by molar-refractivity contribution is 5.79. The van der Waals surface area contributed by atoms with Crippen molar-refractivity contribution in [2.45, 2.75) is 13.0 Å². The number of hydrogen-bond donors (Lipinski definition) is 1. The summed E-state index contributed by atoms with van der Waals surface area (Å²) in [5, 5.41) is 13.1. The summed E-state index contributed by atoms with van der Waals surface area (Å²) in [5.41, 5.74) is 0. The van der Waals surface area contributed by atoms with Gasteiger partial charge in [0.25, 0.3) is 0 Å². The summed E-state index contributed by atoms with van der Waals surface area (Å²) in [6, 6.07) is -0.324. The van der Waals surface area contributed by atoms with E-state index in [4.69, 9.17) is 0 Å². The highest BCUT2D eigenvalue weighted by Gasteiger charge is 2.27. The highest BCUT2D eigenvalue weighted by Crippen LogP contribution is 2.12. The van der Waals surface area contributed by atoms with Gasteiger partial charge in [-0.15, -0.1) is 9.78 Å². The van der Waals surface area contributed by atoms with Crippen LogP contribution in [-0.4, -0.2) is 26.2 Å². The molecular formula is C4H5N5O. The third-order valence-corrected chi connectivity index (χ3v) is 1.41. The largest absolute Gasteiger partial charge is 0.345 e. The minimum atomic E-state index is -0.257. The number of hydrogen-bond acceptors (Lipinski definition) is 4. The molecule has 0 spiro atoms. The van der Waals surface area contributed by atoms with E-state index in [0.29, 0.717) is 5.82 Å². The van der Waals surface area contributed by atoms with Gasteiger partial charge in [0.05, 0.1) is 6.04 Å². The second-order valence-corrected chi connectivity index (χ2v) is 2.12. The highest BCUT2D eigenvalue weighted by atomic mass is 16.2. The number of aromatic nitrogens is 4. The first-order valence-electron chi connectivity index (χ1n) is 2.88. The minimum Gasteiger partial charge on any atom is -0.326 e. The Morgan fingerprint density at radius 3 is 3.20 bits per heavy atom. The summed E-state index contributed by atoms with van der Waals surface area (Å²) in [6.45, 7) is 1.83. The van der Waals surface area contributed by atoms with Gasteiger partial charge in [-0.25, -0.2) is 4.79 Å². The lowest BCUT2D eigenvalue weighted by molar-refractivity contribution is 0.242. The molecule has 0 saturated heterocycles. The number of rotatable bonds is 0. The normalized spacial score (nSPS) is 22.5. The summed E-state index contributed by atoms with van der Waals surface area (Å²) in [7, 11) is 0. The van der Waals surface area contributed by atoms with Gasteiger partial charge in [-0.1, -0.05) is 0 Å². The first-order valence-corrected chi connectivity index (χ1v) is 2.88. The van der Waals surface area contributed by atoms with Crippen LogP contribution in [0, 0.1) is 0 Å². The predicted molar refractivity (Wildman–Crippen MR) is 30.2 cm³/mol. The molecule has 1 unspecified atom stereocenters. The van der Waals surface area contributed by atoms with Crippen LogP contribution in [-0.2, 0) is 0 Å². The van der Waals surface area contributed by atoms with Crippen LogP contribution in [0.3, 0.4) is 0 Å². The molecule has 0 saturated carbocycles. The molecule has 10 heavy (non-hydrogen) atoms. The molecule has 0 bridgehead atoms.